The van der Waals surface area contributed by atoms with Crippen LogP contribution in [0.3, 0.4) is 0 Å². The van der Waals surface area contributed by atoms with Crippen molar-refractivity contribution in [1.29, 1.82) is 0 Å². The quantitative estimate of drug-likeness (QED) is 0.467. The maximum atomic E-state index is 13.7. The highest BCUT2D eigenvalue weighted by molar-refractivity contribution is 7.93. The number of rotatable bonds is 6. The number of carbonyl (C=O) groups excluding carboxylic acids is 2. The Morgan fingerprint density at radius 1 is 1.00 bits per heavy atom. The molecule has 0 unspecified atom stereocenters. The lowest BCUT2D eigenvalue weighted by Gasteiger charge is -2.35. The van der Waals surface area contributed by atoms with Gasteiger partial charge in [0.25, 0.3) is 10.0 Å². The van der Waals surface area contributed by atoms with E-state index in [0.29, 0.717) is 6.07 Å². The van der Waals surface area contributed by atoms with E-state index in [1.165, 1.54) is 39.0 Å². The summed E-state index contributed by atoms with van der Waals surface area (Å²) in [5.41, 5.74) is -2.09. The van der Waals surface area contributed by atoms with Crippen LogP contribution >= 0.6 is 0 Å². The zero-order chi connectivity index (χ0) is 31.9. The molecule has 0 aromatic heterocycles. The number of fused-ring (bicyclic) bond motifs is 1. The molecule has 1 heterocycles. The summed E-state index contributed by atoms with van der Waals surface area (Å²) in [6.45, 7) is 8.48. The van der Waals surface area contributed by atoms with E-state index in [2.05, 4.69) is 5.32 Å². The minimum Gasteiger partial charge on any atom is -0.486 e. The second kappa shape index (κ2) is 11.3. The van der Waals surface area contributed by atoms with Crippen LogP contribution in [-0.2, 0) is 35.8 Å². The topological polar surface area (TPSA) is 148 Å². The van der Waals surface area contributed by atoms with E-state index in [4.69, 9.17) is 9.47 Å². The van der Waals surface area contributed by atoms with Gasteiger partial charge < -0.3 is 9.47 Å². The molecule has 11 nitrogen and oxygen atoms in total. The molecule has 2 amide bonds. The fraction of sp³-hybridized carbons (Fsp3) is 0.462. The molecular weight excluding hydrogens is 603 g/mol. The lowest BCUT2D eigenvalue weighted by atomic mass is 10.1. The third-order valence-electron chi connectivity index (χ3n) is 5.75. The first kappa shape index (κ1) is 33.0. The largest absolute Gasteiger partial charge is 0.486 e. The molecule has 2 aromatic rings. The van der Waals surface area contributed by atoms with Crippen LogP contribution in [-0.4, -0.2) is 51.8 Å². The molecule has 3 rings (SSSR count). The smallest absolute Gasteiger partial charge is 0.416 e. The van der Waals surface area contributed by atoms with Crippen molar-refractivity contribution >= 4 is 43.4 Å². The van der Waals surface area contributed by atoms with Gasteiger partial charge in [0.15, 0.2) is 0 Å². The standard InChI is InChI=1S/C26H32F3N3O8S2/c1-24(2,3)40-23(34)30-17-10-11-21-20(13-17)32(41(35,36)19-9-7-8-16(12-19)26(27,28)29)15-18(39-21)14-22(33)31-42(37,38)25(4,5)6/h7-13,18H,14-15H2,1-6H3,(H,30,34)(H,31,33)/t18-/m0/s1. The van der Waals surface area contributed by atoms with Crippen LogP contribution in [0.5, 0.6) is 5.75 Å². The van der Waals surface area contributed by atoms with Gasteiger partial charge in [0.2, 0.25) is 15.9 Å². The van der Waals surface area contributed by atoms with Gasteiger partial charge in [0.05, 0.1) is 33.9 Å². The molecule has 0 saturated heterocycles. The van der Waals surface area contributed by atoms with Crippen LogP contribution in [0.25, 0.3) is 0 Å². The van der Waals surface area contributed by atoms with Gasteiger partial charge in [-0.25, -0.2) is 21.6 Å². The third kappa shape index (κ3) is 7.85. The zero-order valence-corrected chi connectivity index (χ0v) is 25.3. The second-order valence-electron chi connectivity index (χ2n) is 11.5. The van der Waals surface area contributed by atoms with Crippen LogP contribution < -0.4 is 19.1 Å². The highest BCUT2D eigenvalue weighted by Gasteiger charge is 2.39. The molecule has 2 aromatic carbocycles. The molecule has 2 N–H and O–H groups in total. The Kier molecular flexibility index (Phi) is 8.86. The summed E-state index contributed by atoms with van der Waals surface area (Å²) in [5.74, 6) is -1.05. The normalized spacial score (nSPS) is 16.2. The third-order valence-corrected chi connectivity index (χ3v) is 9.64. The number of hydrogen-bond acceptors (Lipinski definition) is 8. The van der Waals surface area contributed by atoms with Crippen LogP contribution in [0.1, 0.15) is 53.5 Å². The predicted octanol–water partition coefficient (Wildman–Crippen LogP) is 4.64. The lowest BCUT2D eigenvalue weighted by Crippen LogP contribution is -2.48. The molecule has 0 bridgehead atoms. The average molecular weight is 636 g/mol. The van der Waals surface area contributed by atoms with Crippen LogP contribution in [0.4, 0.5) is 29.3 Å². The highest BCUT2D eigenvalue weighted by atomic mass is 32.2. The van der Waals surface area contributed by atoms with Crippen molar-refractivity contribution in [3.8, 4) is 5.75 Å². The number of halogens is 3. The number of nitrogens with one attached hydrogen (secondary N) is 2. The van der Waals surface area contributed by atoms with Crippen molar-refractivity contribution in [1.82, 2.24) is 4.72 Å². The van der Waals surface area contributed by atoms with Gasteiger partial charge >= 0.3 is 12.3 Å². The van der Waals surface area contributed by atoms with Crippen molar-refractivity contribution in [3.05, 3.63) is 48.0 Å². The summed E-state index contributed by atoms with van der Waals surface area (Å²) in [7, 11) is -8.79. The van der Waals surface area contributed by atoms with Crippen LogP contribution in [0.15, 0.2) is 47.4 Å². The Bertz CT molecular complexity index is 1580. The molecule has 0 saturated carbocycles. The molecule has 232 valence electrons. The van der Waals surface area contributed by atoms with E-state index in [-0.39, 0.29) is 17.1 Å². The fourth-order valence-electron chi connectivity index (χ4n) is 3.66. The van der Waals surface area contributed by atoms with Crippen molar-refractivity contribution < 1.29 is 49.1 Å². The summed E-state index contributed by atoms with van der Waals surface area (Å²) in [6.07, 6.45) is -7.49. The lowest BCUT2D eigenvalue weighted by molar-refractivity contribution is -0.137. The van der Waals surface area contributed by atoms with Crippen molar-refractivity contribution in [2.45, 2.75) is 75.5 Å². The number of anilines is 2. The van der Waals surface area contributed by atoms with Gasteiger partial charge in [-0.05, 0) is 77.9 Å². The molecular formula is C26H32F3N3O8S2. The highest BCUT2D eigenvalue weighted by Crippen LogP contribution is 2.40. The first-order valence-electron chi connectivity index (χ1n) is 12.6. The summed E-state index contributed by atoms with van der Waals surface area (Å²) in [5, 5.41) is 2.45. The van der Waals surface area contributed by atoms with Gasteiger partial charge in [0.1, 0.15) is 17.5 Å². The average Bonchev–Trinajstić information content (AvgIpc) is 2.81. The molecule has 1 atom stereocenters. The number of amides is 2. The number of ether oxygens (including phenoxy) is 2. The number of hydrogen-bond donors (Lipinski definition) is 2. The summed E-state index contributed by atoms with van der Waals surface area (Å²) >= 11 is 0. The molecule has 1 aliphatic heterocycles. The molecule has 0 spiro atoms. The maximum Gasteiger partial charge on any atom is 0.416 e. The van der Waals surface area contributed by atoms with Crippen molar-refractivity contribution in [2.75, 3.05) is 16.2 Å². The molecule has 42 heavy (non-hydrogen) atoms. The summed E-state index contributed by atoms with van der Waals surface area (Å²) < 4.78 is 105. The van der Waals surface area contributed by atoms with E-state index in [0.717, 1.165) is 22.5 Å². The Morgan fingerprint density at radius 3 is 2.21 bits per heavy atom. The van der Waals surface area contributed by atoms with Gasteiger partial charge in [-0.2, -0.15) is 13.2 Å². The maximum absolute atomic E-state index is 13.7. The molecule has 0 radical (unpaired) electrons. The zero-order valence-electron chi connectivity index (χ0n) is 23.7. The minimum atomic E-state index is -4.82. The fourth-order valence-corrected chi connectivity index (χ4v) is 5.89. The van der Waals surface area contributed by atoms with Gasteiger partial charge in [-0.3, -0.25) is 19.1 Å². The van der Waals surface area contributed by atoms with E-state index in [1.807, 2.05) is 4.72 Å². The Morgan fingerprint density at radius 2 is 1.64 bits per heavy atom. The van der Waals surface area contributed by atoms with E-state index >= 15 is 0 Å². The molecule has 0 fully saturated rings. The van der Waals surface area contributed by atoms with Gasteiger partial charge in [-0.15, -0.1) is 0 Å². The van der Waals surface area contributed by atoms with E-state index < -0.39 is 78.1 Å². The minimum absolute atomic E-state index is 0.0805. The van der Waals surface area contributed by atoms with E-state index in [9.17, 15) is 39.6 Å². The monoisotopic (exact) mass is 635 g/mol. The summed E-state index contributed by atoms with van der Waals surface area (Å²) in [4.78, 5) is 24.2. The van der Waals surface area contributed by atoms with E-state index in [1.54, 1.807) is 20.8 Å². The van der Waals surface area contributed by atoms with Crippen LogP contribution in [0.2, 0.25) is 0 Å². The summed E-state index contributed by atoms with van der Waals surface area (Å²) in [6, 6.07) is 7.02. The molecule has 1 aliphatic rings. The number of alkyl halides is 3. The van der Waals surface area contributed by atoms with Crippen molar-refractivity contribution in [2.24, 2.45) is 0 Å². The van der Waals surface area contributed by atoms with Gasteiger partial charge in [0, 0.05) is 5.69 Å². The molecule has 16 heteroatoms. The molecule has 0 aliphatic carbocycles. The first-order valence-corrected chi connectivity index (χ1v) is 15.5. The first-order chi connectivity index (χ1) is 19.0. The Labute approximate surface area is 242 Å². The SMILES string of the molecule is CC(C)(C)OC(=O)Nc1ccc2c(c1)N(S(=O)(=O)c1cccc(C(F)(F)F)c1)C[C@H](CC(=O)NS(=O)(=O)C(C)(C)C)O2. The number of carbonyl (C=O) groups is 2. The number of sulfonamides is 2. The number of nitrogens with zero attached hydrogens (tertiary/aromatic N) is 1. The second-order valence-corrected chi connectivity index (χ2v) is 15.8. The van der Waals surface area contributed by atoms with Crippen molar-refractivity contribution in [3.63, 3.8) is 0 Å². The number of benzene rings is 2. The Balaban J connectivity index is 2.02. The Hall–Kier alpha value is -3.53. The predicted molar refractivity (Wildman–Crippen MR) is 148 cm³/mol. The van der Waals surface area contributed by atoms with Crippen LogP contribution in [0, 0.1) is 0 Å². The van der Waals surface area contributed by atoms with Gasteiger partial charge in [-0.1, -0.05) is 6.07 Å².